The number of ether oxygens (including phenoxy) is 1. The van der Waals surface area contributed by atoms with E-state index >= 15 is 0 Å². The molecule has 2 rings (SSSR count). The summed E-state index contributed by atoms with van der Waals surface area (Å²) in [6, 6.07) is 5.93. The first-order valence-corrected chi connectivity index (χ1v) is 5.47. The molecule has 0 saturated carbocycles. The topological polar surface area (TPSA) is 25.4 Å². The van der Waals surface area contributed by atoms with E-state index in [2.05, 4.69) is 32.9 Å². The standard InChI is InChI=1S/C10H13BrN2O/c1-13-5-6-14-9(7-13)8-3-2-4-10(11)12-8/h2-4,9H,5-7H2,1H3/t9-/m0/s1. The lowest BCUT2D eigenvalue weighted by molar-refractivity contribution is -0.0231. The molecule has 2 heterocycles. The first-order chi connectivity index (χ1) is 6.75. The van der Waals surface area contributed by atoms with E-state index in [0.29, 0.717) is 0 Å². The summed E-state index contributed by atoms with van der Waals surface area (Å²) in [5.74, 6) is 0. The van der Waals surface area contributed by atoms with E-state index < -0.39 is 0 Å². The van der Waals surface area contributed by atoms with Gasteiger partial charge in [-0.25, -0.2) is 4.98 Å². The number of pyridine rings is 1. The van der Waals surface area contributed by atoms with Crippen molar-refractivity contribution in [2.45, 2.75) is 6.10 Å². The van der Waals surface area contributed by atoms with Gasteiger partial charge in [-0.05, 0) is 35.1 Å². The van der Waals surface area contributed by atoms with Crippen LogP contribution in [0.15, 0.2) is 22.8 Å². The normalized spacial score (nSPS) is 23.7. The molecule has 1 aliphatic rings. The molecule has 1 atom stereocenters. The van der Waals surface area contributed by atoms with E-state index in [1.54, 1.807) is 0 Å². The molecular weight excluding hydrogens is 244 g/mol. The second-order valence-corrected chi connectivity index (χ2v) is 4.32. The highest BCUT2D eigenvalue weighted by Gasteiger charge is 2.20. The Balaban J connectivity index is 2.14. The molecule has 4 heteroatoms. The van der Waals surface area contributed by atoms with Gasteiger partial charge in [-0.1, -0.05) is 6.07 Å². The molecule has 1 aromatic rings. The van der Waals surface area contributed by atoms with Gasteiger partial charge < -0.3 is 9.64 Å². The van der Waals surface area contributed by atoms with Crippen molar-refractivity contribution in [2.75, 3.05) is 26.7 Å². The number of nitrogens with zero attached hydrogens (tertiary/aromatic N) is 2. The summed E-state index contributed by atoms with van der Waals surface area (Å²) >= 11 is 3.36. The maximum absolute atomic E-state index is 5.66. The van der Waals surface area contributed by atoms with Crippen molar-refractivity contribution in [1.82, 2.24) is 9.88 Å². The summed E-state index contributed by atoms with van der Waals surface area (Å²) in [7, 11) is 2.10. The van der Waals surface area contributed by atoms with Crippen LogP contribution in [0.25, 0.3) is 0 Å². The molecule has 76 valence electrons. The monoisotopic (exact) mass is 256 g/mol. The third-order valence-electron chi connectivity index (χ3n) is 2.34. The number of halogens is 1. The van der Waals surface area contributed by atoms with Crippen molar-refractivity contribution in [3.63, 3.8) is 0 Å². The van der Waals surface area contributed by atoms with Crippen molar-refractivity contribution >= 4 is 15.9 Å². The minimum atomic E-state index is 0.117. The average molecular weight is 257 g/mol. The van der Waals surface area contributed by atoms with Crippen LogP contribution in [0.4, 0.5) is 0 Å². The molecule has 1 saturated heterocycles. The number of hydrogen-bond donors (Lipinski definition) is 0. The lowest BCUT2D eigenvalue weighted by Gasteiger charge is -2.29. The maximum Gasteiger partial charge on any atom is 0.112 e. The van der Waals surface area contributed by atoms with Crippen molar-refractivity contribution in [1.29, 1.82) is 0 Å². The third-order valence-corrected chi connectivity index (χ3v) is 2.78. The van der Waals surface area contributed by atoms with Gasteiger partial charge in [0.2, 0.25) is 0 Å². The van der Waals surface area contributed by atoms with Gasteiger partial charge in [0.1, 0.15) is 10.7 Å². The molecule has 0 N–H and O–H groups in total. The Morgan fingerprint density at radius 1 is 1.57 bits per heavy atom. The van der Waals surface area contributed by atoms with E-state index in [4.69, 9.17) is 4.74 Å². The van der Waals surface area contributed by atoms with E-state index in [-0.39, 0.29) is 6.10 Å². The van der Waals surface area contributed by atoms with E-state index in [0.717, 1.165) is 30.0 Å². The fourth-order valence-electron chi connectivity index (χ4n) is 1.56. The Labute approximate surface area is 92.2 Å². The molecular formula is C10H13BrN2O. The number of likely N-dealkylation sites (N-methyl/N-ethyl adjacent to an activating group) is 1. The van der Waals surface area contributed by atoms with E-state index in [1.807, 2.05) is 18.2 Å². The molecule has 0 amide bonds. The van der Waals surface area contributed by atoms with Crippen LogP contribution in [0, 0.1) is 0 Å². The highest BCUT2D eigenvalue weighted by atomic mass is 79.9. The fraction of sp³-hybridized carbons (Fsp3) is 0.500. The fourth-order valence-corrected chi connectivity index (χ4v) is 1.92. The zero-order chi connectivity index (χ0) is 9.97. The molecule has 0 unspecified atom stereocenters. The van der Waals surface area contributed by atoms with Crippen LogP contribution in [0.3, 0.4) is 0 Å². The molecule has 0 spiro atoms. The van der Waals surface area contributed by atoms with E-state index in [1.165, 1.54) is 0 Å². The first kappa shape index (κ1) is 10.1. The second-order valence-electron chi connectivity index (χ2n) is 3.51. The van der Waals surface area contributed by atoms with Crippen molar-refractivity contribution in [3.05, 3.63) is 28.5 Å². The lowest BCUT2D eigenvalue weighted by atomic mass is 10.2. The summed E-state index contributed by atoms with van der Waals surface area (Å²) < 4.78 is 6.53. The Morgan fingerprint density at radius 2 is 2.43 bits per heavy atom. The van der Waals surface area contributed by atoms with Gasteiger partial charge in [0.05, 0.1) is 12.3 Å². The molecule has 0 radical (unpaired) electrons. The van der Waals surface area contributed by atoms with Crippen LogP contribution < -0.4 is 0 Å². The number of aromatic nitrogens is 1. The summed E-state index contributed by atoms with van der Waals surface area (Å²) in [6.07, 6.45) is 0.117. The number of morpholine rings is 1. The molecule has 0 aromatic carbocycles. The van der Waals surface area contributed by atoms with Crippen LogP contribution in [-0.4, -0.2) is 36.6 Å². The zero-order valence-electron chi connectivity index (χ0n) is 8.11. The van der Waals surface area contributed by atoms with Crippen LogP contribution in [0.2, 0.25) is 0 Å². The summed E-state index contributed by atoms with van der Waals surface area (Å²) in [5, 5.41) is 0. The van der Waals surface area contributed by atoms with Crippen LogP contribution in [0.1, 0.15) is 11.8 Å². The smallest absolute Gasteiger partial charge is 0.112 e. The molecule has 1 aromatic heterocycles. The molecule has 3 nitrogen and oxygen atoms in total. The molecule has 14 heavy (non-hydrogen) atoms. The average Bonchev–Trinajstić information content (AvgIpc) is 2.18. The van der Waals surface area contributed by atoms with Gasteiger partial charge in [-0.15, -0.1) is 0 Å². The highest BCUT2D eigenvalue weighted by Crippen LogP contribution is 2.20. The molecule has 1 fully saturated rings. The Hall–Kier alpha value is -0.450. The SMILES string of the molecule is CN1CCO[C@H](c2cccc(Br)n2)C1. The number of rotatable bonds is 1. The predicted molar refractivity (Wildman–Crippen MR) is 58.1 cm³/mol. The van der Waals surface area contributed by atoms with Gasteiger partial charge in [0, 0.05) is 13.1 Å². The minimum absolute atomic E-state index is 0.117. The van der Waals surface area contributed by atoms with Gasteiger partial charge in [0.15, 0.2) is 0 Å². The quantitative estimate of drug-likeness (QED) is 0.718. The zero-order valence-corrected chi connectivity index (χ0v) is 9.70. The third kappa shape index (κ3) is 2.32. The van der Waals surface area contributed by atoms with E-state index in [9.17, 15) is 0 Å². The van der Waals surface area contributed by atoms with Crippen molar-refractivity contribution in [2.24, 2.45) is 0 Å². The van der Waals surface area contributed by atoms with Gasteiger partial charge in [0.25, 0.3) is 0 Å². The molecule has 0 aliphatic carbocycles. The Kier molecular flexibility index (Phi) is 3.15. The predicted octanol–water partition coefficient (Wildman–Crippen LogP) is 1.85. The van der Waals surface area contributed by atoms with Gasteiger partial charge in [-0.3, -0.25) is 0 Å². The highest BCUT2D eigenvalue weighted by molar-refractivity contribution is 9.10. The summed E-state index contributed by atoms with van der Waals surface area (Å²) in [5.41, 5.74) is 1.01. The van der Waals surface area contributed by atoms with Crippen molar-refractivity contribution in [3.8, 4) is 0 Å². The Bertz CT molecular complexity index is 319. The minimum Gasteiger partial charge on any atom is -0.369 e. The largest absolute Gasteiger partial charge is 0.369 e. The lowest BCUT2D eigenvalue weighted by Crippen LogP contribution is -2.35. The first-order valence-electron chi connectivity index (χ1n) is 4.68. The Morgan fingerprint density at radius 3 is 3.14 bits per heavy atom. The molecule has 1 aliphatic heterocycles. The second kappa shape index (κ2) is 4.38. The molecule has 0 bridgehead atoms. The van der Waals surface area contributed by atoms with Gasteiger partial charge >= 0.3 is 0 Å². The number of hydrogen-bond acceptors (Lipinski definition) is 3. The van der Waals surface area contributed by atoms with Crippen LogP contribution >= 0.6 is 15.9 Å². The summed E-state index contributed by atoms with van der Waals surface area (Å²) in [6.45, 7) is 2.71. The maximum atomic E-state index is 5.66. The van der Waals surface area contributed by atoms with Crippen LogP contribution in [0.5, 0.6) is 0 Å². The van der Waals surface area contributed by atoms with Crippen LogP contribution in [-0.2, 0) is 4.74 Å². The van der Waals surface area contributed by atoms with Gasteiger partial charge in [-0.2, -0.15) is 0 Å². The summed E-state index contributed by atoms with van der Waals surface area (Å²) in [4.78, 5) is 6.66. The van der Waals surface area contributed by atoms with Crippen molar-refractivity contribution < 1.29 is 4.74 Å².